The minimum Gasteiger partial charge on any atom is -0.484 e. The largest absolute Gasteiger partial charge is 0.484 e. The van der Waals surface area contributed by atoms with Crippen molar-refractivity contribution >= 4 is 39.3 Å². The van der Waals surface area contributed by atoms with Gasteiger partial charge in [-0.25, -0.2) is 0 Å². The molecule has 3 rings (SSSR count). The van der Waals surface area contributed by atoms with Crippen molar-refractivity contribution in [1.82, 2.24) is 10.2 Å². The Labute approximate surface area is 169 Å². The number of anilines is 1. The number of carbonyl (C=O) groups excluding carboxylic acids is 1. The van der Waals surface area contributed by atoms with Gasteiger partial charge in [0.2, 0.25) is 5.91 Å². The summed E-state index contributed by atoms with van der Waals surface area (Å²) in [4.78, 5) is 12.2. The van der Waals surface area contributed by atoms with Gasteiger partial charge in [0.1, 0.15) is 5.75 Å². The zero-order chi connectivity index (χ0) is 19.2. The lowest BCUT2D eigenvalue weighted by atomic mass is 10.1. The maximum atomic E-state index is 12.2. The predicted molar refractivity (Wildman–Crippen MR) is 108 cm³/mol. The molecule has 0 bridgehead atoms. The van der Waals surface area contributed by atoms with E-state index in [9.17, 15) is 4.79 Å². The molecule has 0 saturated carbocycles. The molecule has 1 aromatic heterocycles. The molecule has 1 amide bonds. The summed E-state index contributed by atoms with van der Waals surface area (Å²) in [6, 6.07) is 13.3. The fourth-order valence-electron chi connectivity index (χ4n) is 2.21. The molecule has 0 radical (unpaired) electrons. The second kappa shape index (κ2) is 9.05. The van der Waals surface area contributed by atoms with E-state index in [1.807, 2.05) is 56.3 Å². The number of aromatic nitrogens is 2. The standard InChI is InChI=1S/C19H18BrN3O3S/c1-12-8-15(20)16(9-13(12)2)21-17(24)11-27-19-23-22-18(26-19)10-25-14-6-4-3-5-7-14/h3-9H,10-11H2,1-2H3,(H,21,24). The van der Waals surface area contributed by atoms with Crippen LogP contribution in [-0.2, 0) is 11.4 Å². The van der Waals surface area contributed by atoms with Gasteiger partial charge in [-0.1, -0.05) is 30.0 Å². The first kappa shape index (κ1) is 19.4. The Balaban J connectivity index is 1.49. The third-order valence-electron chi connectivity index (χ3n) is 3.74. The van der Waals surface area contributed by atoms with Crippen molar-refractivity contribution in [2.24, 2.45) is 0 Å². The first-order valence-electron chi connectivity index (χ1n) is 8.21. The van der Waals surface area contributed by atoms with E-state index >= 15 is 0 Å². The van der Waals surface area contributed by atoms with Crippen molar-refractivity contribution in [2.75, 3.05) is 11.1 Å². The van der Waals surface area contributed by atoms with E-state index in [4.69, 9.17) is 9.15 Å². The van der Waals surface area contributed by atoms with E-state index in [2.05, 4.69) is 31.4 Å². The molecule has 0 saturated heterocycles. The summed E-state index contributed by atoms with van der Waals surface area (Å²) >= 11 is 4.65. The Morgan fingerprint density at radius 3 is 2.70 bits per heavy atom. The third kappa shape index (κ3) is 5.58. The first-order chi connectivity index (χ1) is 13.0. The molecule has 0 fully saturated rings. The van der Waals surface area contributed by atoms with Gasteiger partial charge in [-0.3, -0.25) is 4.79 Å². The summed E-state index contributed by atoms with van der Waals surface area (Å²) in [5.41, 5.74) is 3.01. The highest BCUT2D eigenvalue weighted by Crippen LogP contribution is 2.26. The van der Waals surface area contributed by atoms with E-state index in [0.717, 1.165) is 27.0 Å². The average Bonchev–Trinajstić information content (AvgIpc) is 3.12. The molecule has 27 heavy (non-hydrogen) atoms. The number of carbonyl (C=O) groups is 1. The Kier molecular flexibility index (Phi) is 6.52. The predicted octanol–water partition coefficient (Wildman–Crippen LogP) is 4.76. The molecule has 3 aromatic rings. The highest BCUT2D eigenvalue weighted by Gasteiger charge is 2.12. The fraction of sp³-hybridized carbons (Fsp3) is 0.211. The molecule has 6 nitrogen and oxygen atoms in total. The van der Waals surface area contributed by atoms with Gasteiger partial charge in [0.05, 0.1) is 11.4 Å². The van der Waals surface area contributed by atoms with Crippen molar-refractivity contribution in [2.45, 2.75) is 25.7 Å². The quantitative estimate of drug-likeness (QED) is 0.526. The van der Waals surface area contributed by atoms with E-state index in [1.54, 1.807) is 0 Å². The van der Waals surface area contributed by atoms with Crippen molar-refractivity contribution in [3.63, 3.8) is 0 Å². The van der Waals surface area contributed by atoms with Crippen molar-refractivity contribution in [3.8, 4) is 5.75 Å². The number of halogens is 1. The lowest BCUT2D eigenvalue weighted by Gasteiger charge is -2.09. The topological polar surface area (TPSA) is 77.2 Å². The molecule has 1 heterocycles. The minimum atomic E-state index is -0.149. The van der Waals surface area contributed by atoms with Gasteiger partial charge in [0.15, 0.2) is 6.61 Å². The number of amides is 1. The molecular weight excluding hydrogens is 430 g/mol. The van der Waals surface area contributed by atoms with Crippen molar-refractivity contribution < 1.29 is 13.9 Å². The number of hydrogen-bond acceptors (Lipinski definition) is 6. The normalized spacial score (nSPS) is 10.6. The van der Waals surface area contributed by atoms with Gasteiger partial charge >= 0.3 is 0 Å². The first-order valence-corrected chi connectivity index (χ1v) is 9.99. The molecule has 2 aromatic carbocycles. The summed E-state index contributed by atoms with van der Waals surface area (Å²) in [6.45, 7) is 4.21. The van der Waals surface area contributed by atoms with E-state index in [1.165, 1.54) is 11.8 Å². The lowest BCUT2D eigenvalue weighted by Crippen LogP contribution is -2.14. The van der Waals surface area contributed by atoms with Gasteiger partial charge in [-0.15, -0.1) is 10.2 Å². The monoisotopic (exact) mass is 447 g/mol. The number of hydrogen-bond donors (Lipinski definition) is 1. The van der Waals surface area contributed by atoms with Crippen LogP contribution < -0.4 is 10.1 Å². The van der Waals surface area contributed by atoms with Gasteiger partial charge in [0.25, 0.3) is 11.1 Å². The number of thioether (sulfide) groups is 1. The minimum absolute atomic E-state index is 0.149. The number of para-hydroxylation sites is 1. The van der Waals surface area contributed by atoms with Crippen LogP contribution in [0.2, 0.25) is 0 Å². The van der Waals surface area contributed by atoms with Gasteiger partial charge in [-0.05, 0) is 65.2 Å². The molecule has 1 N–H and O–H groups in total. The summed E-state index contributed by atoms with van der Waals surface area (Å²) in [6.07, 6.45) is 0. The Bertz CT molecular complexity index is 931. The Morgan fingerprint density at radius 1 is 1.19 bits per heavy atom. The lowest BCUT2D eigenvalue weighted by molar-refractivity contribution is -0.113. The van der Waals surface area contributed by atoms with E-state index < -0.39 is 0 Å². The molecule has 8 heteroatoms. The average molecular weight is 448 g/mol. The summed E-state index contributed by atoms with van der Waals surface area (Å²) < 4.78 is 11.9. The van der Waals surface area contributed by atoms with Crippen LogP contribution in [0.25, 0.3) is 0 Å². The number of nitrogens with zero attached hydrogens (tertiary/aromatic N) is 2. The van der Waals surface area contributed by atoms with Crippen LogP contribution in [0.15, 0.2) is 56.6 Å². The summed E-state index contributed by atoms with van der Waals surface area (Å²) in [7, 11) is 0. The Morgan fingerprint density at radius 2 is 1.93 bits per heavy atom. The van der Waals surface area contributed by atoms with E-state index in [0.29, 0.717) is 11.1 Å². The SMILES string of the molecule is Cc1cc(Br)c(NC(=O)CSc2nnc(COc3ccccc3)o2)cc1C. The maximum absolute atomic E-state index is 12.2. The molecule has 0 aliphatic rings. The molecule has 0 aliphatic carbocycles. The van der Waals surface area contributed by atoms with Crippen LogP contribution in [0.3, 0.4) is 0 Å². The molecule has 0 atom stereocenters. The second-order valence-corrected chi connectivity index (χ2v) is 7.60. The van der Waals surface area contributed by atoms with Crippen LogP contribution >= 0.6 is 27.7 Å². The van der Waals surface area contributed by atoms with Crippen molar-refractivity contribution in [3.05, 3.63) is 64.0 Å². The molecular formula is C19H18BrN3O3S. The highest BCUT2D eigenvalue weighted by atomic mass is 79.9. The maximum Gasteiger partial charge on any atom is 0.277 e. The van der Waals surface area contributed by atoms with Crippen LogP contribution in [-0.4, -0.2) is 21.9 Å². The van der Waals surface area contributed by atoms with Gasteiger partial charge in [0, 0.05) is 4.47 Å². The van der Waals surface area contributed by atoms with Crippen LogP contribution in [0, 0.1) is 13.8 Å². The number of benzene rings is 2. The highest BCUT2D eigenvalue weighted by molar-refractivity contribution is 9.10. The van der Waals surface area contributed by atoms with Gasteiger partial charge < -0.3 is 14.5 Å². The number of aryl methyl sites for hydroxylation is 2. The van der Waals surface area contributed by atoms with Crippen LogP contribution in [0.5, 0.6) is 5.75 Å². The summed E-state index contributed by atoms with van der Waals surface area (Å²) in [5, 5.41) is 11.1. The fourth-order valence-corrected chi connectivity index (χ4v) is 3.34. The third-order valence-corrected chi connectivity index (χ3v) is 5.21. The van der Waals surface area contributed by atoms with E-state index in [-0.39, 0.29) is 18.3 Å². The molecule has 0 spiro atoms. The molecule has 0 unspecified atom stereocenters. The van der Waals surface area contributed by atoms with Gasteiger partial charge in [-0.2, -0.15) is 0 Å². The zero-order valence-electron chi connectivity index (χ0n) is 14.9. The molecule has 0 aliphatic heterocycles. The number of rotatable bonds is 7. The van der Waals surface area contributed by atoms with Crippen molar-refractivity contribution in [1.29, 1.82) is 0 Å². The Hall–Kier alpha value is -2.32. The number of ether oxygens (including phenoxy) is 1. The smallest absolute Gasteiger partial charge is 0.277 e. The summed E-state index contributed by atoms with van der Waals surface area (Å²) in [5.74, 6) is 1.10. The van der Waals surface area contributed by atoms with Crippen LogP contribution in [0.1, 0.15) is 17.0 Å². The second-order valence-electron chi connectivity index (χ2n) is 5.82. The molecule has 140 valence electrons. The zero-order valence-corrected chi connectivity index (χ0v) is 17.3. The van der Waals surface area contributed by atoms with Crippen LogP contribution in [0.4, 0.5) is 5.69 Å². The number of nitrogens with one attached hydrogen (secondary N) is 1.